The minimum absolute atomic E-state index is 0.155. The van der Waals surface area contributed by atoms with Crippen molar-refractivity contribution in [3.05, 3.63) is 12.7 Å². The predicted molar refractivity (Wildman–Crippen MR) is 62.6 cm³/mol. The lowest BCUT2D eigenvalue weighted by Gasteiger charge is -2.27. The summed E-state index contributed by atoms with van der Waals surface area (Å²) < 4.78 is 4.82. The molecule has 1 N–H and O–H groups in total. The Labute approximate surface area is 101 Å². The fourth-order valence-corrected chi connectivity index (χ4v) is 2.12. The summed E-state index contributed by atoms with van der Waals surface area (Å²) >= 11 is 0. The highest BCUT2D eigenvalue weighted by atomic mass is 16.5. The molecule has 0 unspecified atom stereocenters. The molecule has 0 aliphatic heterocycles. The zero-order valence-electron chi connectivity index (χ0n) is 9.93. The lowest BCUT2D eigenvalue weighted by molar-refractivity contribution is -0.146. The highest BCUT2D eigenvalue weighted by molar-refractivity contribution is 5.78. The van der Waals surface area contributed by atoms with Crippen LogP contribution in [0.5, 0.6) is 0 Å². The van der Waals surface area contributed by atoms with Gasteiger partial charge in [-0.25, -0.2) is 4.79 Å². The maximum atomic E-state index is 11.9. The number of hydrogen-bond acceptors (Lipinski definition) is 3. The van der Waals surface area contributed by atoms with Crippen LogP contribution in [0, 0.1) is 0 Å². The molecule has 0 aromatic carbocycles. The number of rotatable bonds is 7. The van der Waals surface area contributed by atoms with Gasteiger partial charge in [0, 0.05) is 12.6 Å². The van der Waals surface area contributed by atoms with Crippen molar-refractivity contribution in [3.8, 4) is 0 Å². The summed E-state index contributed by atoms with van der Waals surface area (Å²) in [5.74, 6) is -1.22. The normalized spacial score (nSPS) is 15.8. The third-order valence-electron chi connectivity index (χ3n) is 2.86. The smallest absolute Gasteiger partial charge is 0.329 e. The molecular formula is C12H19NO4. The molecule has 0 bridgehead atoms. The molecule has 0 spiro atoms. The zero-order chi connectivity index (χ0) is 12.7. The van der Waals surface area contributed by atoms with Crippen molar-refractivity contribution in [2.45, 2.75) is 31.7 Å². The second kappa shape index (κ2) is 7.06. The van der Waals surface area contributed by atoms with E-state index in [2.05, 4.69) is 6.58 Å². The van der Waals surface area contributed by atoms with E-state index in [9.17, 15) is 9.59 Å². The first kappa shape index (κ1) is 13.7. The average Bonchev–Trinajstić information content (AvgIpc) is 2.78. The lowest BCUT2D eigenvalue weighted by Crippen LogP contribution is -2.41. The number of aliphatic carboxylic acids is 1. The van der Waals surface area contributed by atoms with Crippen molar-refractivity contribution < 1.29 is 19.4 Å². The Balaban J connectivity index is 2.42. The molecule has 1 amide bonds. The first-order valence-electron chi connectivity index (χ1n) is 5.85. The van der Waals surface area contributed by atoms with Gasteiger partial charge in [-0.1, -0.05) is 18.9 Å². The molecule has 5 heteroatoms. The molecule has 1 fully saturated rings. The third-order valence-corrected chi connectivity index (χ3v) is 2.86. The van der Waals surface area contributed by atoms with Gasteiger partial charge in [-0.2, -0.15) is 0 Å². The quantitative estimate of drug-likeness (QED) is 0.676. The first-order chi connectivity index (χ1) is 8.15. The Morgan fingerprint density at radius 3 is 2.53 bits per heavy atom. The first-order valence-corrected chi connectivity index (χ1v) is 5.85. The van der Waals surface area contributed by atoms with Gasteiger partial charge >= 0.3 is 5.97 Å². The monoisotopic (exact) mass is 241 g/mol. The van der Waals surface area contributed by atoms with Crippen molar-refractivity contribution in [1.82, 2.24) is 4.90 Å². The number of carbonyl (C=O) groups is 2. The van der Waals surface area contributed by atoms with Crippen LogP contribution < -0.4 is 0 Å². The summed E-state index contributed by atoms with van der Waals surface area (Å²) in [5, 5.41) is 8.41. The van der Waals surface area contributed by atoms with Crippen LogP contribution in [0.25, 0.3) is 0 Å². The maximum absolute atomic E-state index is 11.9. The van der Waals surface area contributed by atoms with E-state index in [1.165, 1.54) is 0 Å². The van der Waals surface area contributed by atoms with E-state index in [1.807, 2.05) is 0 Å². The topological polar surface area (TPSA) is 66.8 Å². The minimum atomic E-state index is -1.06. The molecule has 1 rings (SSSR count). The summed E-state index contributed by atoms with van der Waals surface area (Å²) in [5.41, 5.74) is 0. The van der Waals surface area contributed by atoms with Crippen LogP contribution in [0.15, 0.2) is 12.7 Å². The zero-order valence-corrected chi connectivity index (χ0v) is 9.93. The number of carbonyl (C=O) groups excluding carboxylic acids is 1. The molecular weight excluding hydrogens is 222 g/mol. The molecule has 0 aromatic heterocycles. The second-order valence-corrected chi connectivity index (χ2v) is 4.16. The predicted octanol–water partition coefficient (Wildman–Crippen LogP) is 1.04. The number of carboxylic acids is 1. The van der Waals surface area contributed by atoms with Crippen LogP contribution in [0.4, 0.5) is 0 Å². The number of hydrogen-bond donors (Lipinski definition) is 1. The highest BCUT2D eigenvalue weighted by Gasteiger charge is 2.25. The summed E-state index contributed by atoms with van der Waals surface area (Å²) in [6.45, 7) is 3.53. The van der Waals surface area contributed by atoms with Gasteiger partial charge in [0.2, 0.25) is 5.91 Å². The lowest BCUT2D eigenvalue weighted by atomic mass is 10.2. The van der Waals surface area contributed by atoms with E-state index < -0.39 is 12.6 Å². The molecule has 0 aromatic rings. The molecule has 1 saturated carbocycles. The van der Waals surface area contributed by atoms with Gasteiger partial charge in [0.05, 0.1) is 0 Å². The SMILES string of the molecule is C=CCN(C(=O)COCC(=O)O)C1CCCC1. The summed E-state index contributed by atoms with van der Waals surface area (Å²) in [7, 11) is 0. The van der Waals surface area contributed by atoms with E-state index in [4.69, 9.17) is 9.84 Å². The Morgan fingerprint density at radius 1 is 1.35 bits per heavy atom. The number of nitrogens with zero attached hydrogens (tertiary/aromatic N) is 1. The van der Waals surface area contributed by atoms with Crippen LogP contribution in [0.1, 0.15) is 25.7 Å². The average molecular weight is 241 g/mol. The van der Waals surface area contributed by atoms with Crippen LogP contribution in [0.3, 0.4) is 0 Å². The van der Waals surface area contributed by atoms with E-state index in [0.29, 0.717) is 6.54 Å². The Morgan fingerprint density at radius 2 is 2.00 bits per heavy atom. The van der Waals surface area contributed by atoms with Gasteiger partial charge in [0.25, 0.3) is 0 Å². The molecule has 1 aliphatic rings. The Bertz CT molecular complexity index is 284. The molecule has 0 radical (unpaired) electrons. The fraction of sp³-hybridized carbons (Fsp3) is 0.667. The van der Waals surface area contributed by atoms with Gasteiger partial charge in [-0.05, 0) is 12.8 Å². The van der Waals surface area contributed by atoms with Gasteiger partial charge in [-0.3, -0.25) is 4.79 Å². The maximum Gasteiger partial charge on any atom is 0.329 e. The number of amides is 1. The molecule has 1 aliphatic carbocycles. The standard InChI is InChI=1S/C12H19NO4/c1-2-7-13(10-5-3-4-6-10)11(14)8-17-9-12(15)16/h2,10H,1,3-9H2,(H,15,16). The van der Waals surface area contributed by atoms with E-state index in [0.717, 1.165) is 25.7 Å². The Kier molecular flexibility index (Phi) is 5.69. The van der Waals surface area contributed by atoms with Crippen molar-refractivity contribution in [2.24, 2.45) is 0 Å². The van der Waals surface area contributed by atoms with E-state index in [-0.39, 0.29) is 18.6 Å². The number of ether oxygens (including phenoxy) is 1. The second-order valence-electron chi connectivity index (χ2n) is 4.16. The largest absolute Gasteiger partial charge is 0.480 e. The summed E-state index contributed by atoms with van der Waals surface area (Å²) in [6, 6.07) is 0.258. The van der Waals surface area contributed by atoms with Gasteiger partial charge in [0.15, 0.2) is 0 Å². The van der Waals surface area contributed by atoms with Gasteiger partial charge < -0.3 is 14.7 Å². The Hall–Kier alpha value is -1.36. The fourth-order valence-electron chi connectivity index (χ4n) is 2.12. The third kappa shape index (κ3) is 4.56. The molecule has 0 saturated heterocycles. The van der Waals surface area contributed by atoms with Crippen molar-refractivity contribution in [2.75, 3.05) is 19.8 Å². The van der Waals surface area contributed by atoms with Crippen molar-refractivity contribution in [1.29, 1.82) is 0 Å². The van der Waals surface area contributed by atoms with Gasteiger partial charge in [0.1, 0.15) is 13.2 Å². The van der Waals surface area contributed by atoms with Crippen molar-refractivity contribution >= 4 is 11.9 Å². The number of carboxylic acid groups (broad SMARTS) is 1. The highest BCUT2D eigenvalue weighted by Crippen LogP contribution is 2.23. The van der Waals surface area contributed by atoms with Crippen LogP contribution in [0.2, 0.25) is 0 Å². The molecule has 0 atom stereocenters. The summed E-state index contributed by atoms with van der Waals surface area (Å²) in [4.78, 5) is 23.9. The molecule has 0 heterocycles. The van der Waals surface area contributed by atoms with Crippen LogP contribution >= 0.6 is 0 Å². The van der Waals surface area contributed by atoms with E-state index in [1.54, 1.807) is 11.0 Å². The van der Waals surface area contributed by atoms with Crippen LogP contribution in [-0.2, 0) is 14.3 Å². The molecule has 96 valence electrons. The van der Waals surface area contributed by atoms with Crippen LogP contribution in [-0.4, -0.2) is 47.7 Å². The summed E-state index contributed by atoms with van der Waals surface area (Å²) in [6.07, 6.45) is 5.99. The van der Waals surface area contributed by atoms with E-state index >= 15 is 0 Å². The minimum Gasteiger partial charge on any atom is -0.480 e. The molecule has 17 heavy (non-hydrogen) atoms. The van der Waals surface area contributed by atoms with Gasteiger partial charge in [-0.15, -0.1) is 6.58 Å². The van der Waals surface area contributed by atoms with Crippen molar-refractivity contribution in [3.63, 3.8) is 0 Å². The molecule has 5 nitrogen and oxygen atoms in total.